The van der Waals surface area contributed by atoms with Crippen LogP contribution >= 0.6 is 0 Å². The molecule has 1 heterocycles. The Morgan fingerprint density at radius 3 is 2.59 bits per heavy atom. The van der Waals surface area contributed by atoms with Crippen LogP contribution < -0.4 is 10.1 Å². The van der Waals surface area contributed by atoms with E-state index < -0.39 is 11.9 Å². The highest BCUT2D eigenvalue weighted by molar-refractivity contribution is 6.04. The minimum absolute atomic E-state index is 0.0940. The molecule has 6 heteroatoms. The summed E-state index contributed by atoms with van der Waals surface area (Å²) in [5.74, 6) is -1.18. The number of carboxylic acids is 1. The summed E-state index contributed by atoms with van der Waals surface area (Å²) >= 11 is 0. The minimum Gasteiger partial charge on any atom is -0.493 e. The van der Waals surface area contributed by atoms with Crippen LogP contribution in [0.15, 0.2) is 48.8 Å². The molecule has 1 atom stereocenters. The average Bonchev–Trinajstić information content (AvgIpc) is 2.54. The van der Waals surface area contributed by atoms with Crippen LogP contribution in [0, 0.1) is 5.92 Å². The Bertz CT molecular complexity index is 641. The van der Waals surface area contributed by atoms with Gasteiger partial charge in [0, 0.05) is 18.1 Å². The first-order chi connectivity index (χ1) is 10.6. The summed E-state index contributed by atoms with van der Waals surface area (Å²) in [7, 11) is 0. The lowest BCUT2D eigenvalue weighted by atomic mass is 10.2. The Hall–Kier alpha value is -2.89. The molecule has 6 nitrogen and oxygen atoms in total. The smallest absolute Gasteiger partial charge is 0.309 e. The highest BCUT2D eigenvalue weighted by atomic mass is 16.5. The second-order valence-corrected chi connectivity index (χ2v) is 4.77. The molecule has 0 aliphatic carbocycles. The van der Waals surface area contributed by atoms with Gasteiger partial charge in [-0.2, -0.15) is 0 Å². The molecular formula is C16H16N2O4. The van der Waals surface area contributed by atoms with Gasteiger partial charge in [0.25, 0.3) is 5.91 Å². The Balaban J connectivity index is 1.92. The van der Waals surface area contributed by atoms with Crippen molar-refractivity contribution in [3.8, 4) is 5.75 Å². The average molecular weight is 300 g/mol. The summed E-state index contributed by atoms with van der Waals surface area (Å²) in [5, 5.41) is 11.5. The quantitative estimate of drug-likeness (QED) is 0.855. The van der Waals surface area contributed by atoms with Gasteiger partial charge >= 0.3 is 5.97 Å². The number of hydrogen-bond donors (Lipinski definition) is 2. The van der Waals surface area contributed by atoms with Gasteiger partial charge in [0.15, 0.2) is 0 Å². The number of ether oxygens (including phenoxy) is 1. The fraction of sp³-hybridized carbons (Fsp3) is 0.188. The van der Waals surface area contributed by atoms with E-state index in [9.17, 15) is 9.59 Å². The molecule has 0 spiro atoms. The maximum absolute atomic E-state index is 11.9. The largest absolute Gasteiger partial charge is 0.493 e. The number of benzene rings is 1. The van der Waals surface area contributed by atoms with Gasteiger partial charge in [-0.25, -0.2) is 0 Å². The van der Waals surface area contributed by atoms with Crippen LogP contribution in [-0.2, 0) is 4.79 Å². The summed E-state index contributed by atoms with van der Waals surface area (Å²) in [6.07, 6.45) is 3.08. The zero-order valence-corrected chi connectivity index (χ0v) is 12.0. The molecule has 2 N–H and O–H groups in total. The number of hydrogen-bond acceptors (Lipinski definition) is 4. The highest BCUT2D eigenvalue weighted by Gasteiger charge is 2.11. The second kappa shape index (κ2) is 7.21. The van der Waals surface area contributed by atoms with Gasteiger partial charge in [0.2, 0.25) is 0 Å². The van der Waals surface area contributed by atoms with Crippen molar-refractivity contribution in [1.29, 1.82) is 0 Å². The van der Waals surface area contributed by atoms with E-state index in [1.54, 1.807) is 49.5 Å². The maximum atomic E-state index is 11.9. The first-order valence-electron chi connectivity index (χ1n) is 6.73. The van der Waals surface area contributed by atoms with E-state index in [1.165, 1.54) is 6.20 Å². The number of rotatable bonds is 6. The highest BCUT2D eigenvalue weighted by Crippen LogP contribution is 2.17. The van der Waals surface area contributed by atoms with Gasteiger partial charge in [-0.1, -0.05) is 0 Å². The van der Waals surface area contributed by atoms with E-state index in [1.807, 2.05) is 0 Å². The molecule has 0 aliphatic rings. The van der Waals surface area contributed by atoms with Gasteiger partial charge < -0.3 is 15.2 Å². The van der Waals surface area contributed by atoms with E-state index in [0.29, 0.717) is 17.0 Å². The standard InChI is InChI=1S/C16H16N2O4/c1-11(16(20)21)10-22-14-6-4-13(5-7-14)18-15(19)12-3-2-8-17-9-12/h2-9,11H,10H2,1H3,(H,18,19)(H,20,21). The van der Waals surface area contributed by atoms with Crippen molar-refractivity contribution in [1.82, 2.24) is 4.98 Å². The summed E-state index contributed by atoms with van der Waals surface area (Å²) in [6.45, 7) is 1.67. The molecule has 1 aromatic heterocycles. The maximum Gasteiger partial charge on any atom is 0.309 e. The number of nitrogens with zero attached hydrogens (tertiary/aromatic N) is 1. The van der Waals surface area contributed by atoms with Crippen molar-refractivity contribution >= 4 is 17.6 Å². The van der Waals surface area contributed by atoms with Gasteiger partial charge in [0.05, 0.1) is 11.5 Å². The normalized spacial score (nSPS) is 11.5. The van der Waals surface area contributed by atoms with E-state index in [4.69, 9.17) is 9.84 Å². The summed E-state index contributed by atoms with van der Waals surface area (Å²) in [5.41, 5.74) is 1.09. The molecule has 0 fully saturated rings. The number of anilines is 1. The molecule has 1 aromatic carbocycles. The Labute approximate surface area is 127 Å². The molecule has 0 saturated carbocycles. The summed E-state index contributed by atoms with van der Waals surface area (Å²) in [4.78, 5) is 26.5. The monoisotopic (exact) mass is 300 g/mol. The van der Waals surface area contributed by atoms with E-state index in [-0.39, 0.29) is 12.5 Å². The Morgan fingerprint density at radius 1 is 1.27 bits per heavy atom. The van der Waals surface area contributed by atoms with Crippen molar-refractivity contribution in [2.45, 2.75) is 6.92 Å². The molecule has 0 saturated heterocycles. The van der Waals surface area contributed by atoms with Crippen LogP contribution in [0.4, 0.5) is 5.69 Å². The van der Waals surface area contributed by atoms with Gasteiger partial charge in [0.1, 0.15) is 12.4 Å². The zero-order chi connectivity index (χ0) is 15.9. The first-order valence-corrected chi connectivity index (χ1v) is 6.73. The van der Waals surface area contributed by atoms with Crippen LogP contribution in [0.5, 0.6) is 5.75 Å². The SMILES string of the molecule is CC(COc1ccc(NC(=O)c2cccnc2)cc1)C(=O)O. The fourth-order valence-electron chi connectivity index (χ4n) is 1.63. The van der Waals surface area contributed by atoms with Crippen molar-refractivity contribution < 1.29 is 19.4 Å². The van der Waals surface area contributed by atoms with E-state index in [2.05, 4.69) is 10.3 Å². The molecule has 1 amide bonds. The molecule has 1 unspecified atom stereocenters. The third kappa shape index (κ3) is 4.31. The molecule has 0 radical (unpaired) electrons. The lowest BCUT2D eigenvalue weighted by Crippen LogP contribution is -2.17. The van der Waals surface area contributed by atoms with Crippen LogP contribution in [0.1, 0.15) is 17.3 Å². The molecule has 0 aliphatic heterocycles. The van der Waals surface area contributed by atoms with Crippen molar-refractivity contribution in [2.75, 3.05) is 11.9 Å². The third-order valence-electron chi connectivity index (χ3n) is 2.96. The minimum atomic E-state index is -0.902. The Kier molecular flexibility index (Phi) is 5.08. The lowest BCUT2D eigenvalue weighted by molar-refractivity contribution is -0.142. The molecular weight excluding hydrogens is 284 g/mol. The Morgan fingerprint density at radius 2 is 2.00 bits per heavy atom. The third-order valence-corrected chi connectivity index (χ3v) is 2.96. The topological polar surface area (TPSA) is 88.5 Å². The van der Waals surface area contributed by atoms with Crippen molar-refractivity contribution in [2.24, 2.45) is 5.92 Å². The van der Waals surface area contributed by atoms with E-state index in [0.717, 1.165) is 0 Å². The number of carboxylic acid groups (broad SMARTS) is 1. The molecule has 22 heavy (non-hydrogen) atoms. The molecule has 0 bridgehead atoms. The summed E-state index contributed by atoms with van der Waals surface area (Å²) in [6, 6.07) is 10.1. The van der Waals surface area contributed by atoms with Gasteiger partial charge in [-0.05, 0) is 43.3 Å². The first kappa shape index (κ1) is 15.5. The van der Waals surface area contributed by atoms with E-state index >= 15 is 0 Å². The second-order valence-electron chi connectivity index (χ2n) is 4.77. The predicted octanol–water partition coefficient (Wildman–Crippen LogP) is 2.43. The van der Waals surface area contributed by atoms with Crippen LogP contribution in [-0.4, -0.2) is 28.6 Å². The van der Waals surface area contributed by atoms with Crippen LogP contribution in [0.3, 0.4) is 0 Å². The van der Waals surface area contributed by atoms with Crippen molar-refractivity contribution in [3.05, 3.63) is 54.4 Å². The van der Waals surface area contributed by atoms with Crippen LogP contribution in [0.2, 0.25) is 0 Å². The van der Waals surface area contributed by atoms with Gasteiger partial charge in [-0.3, -0.25) is 14.6 Å². The van der Waals surface area contributed by atoms with Gasteiger partial charge in [-0.15, -0.1) is 0 Å². The number of pyridine rings is 1. The number of aliphatic carboxylic acids is 1. The molecule has 114 valence electrons. The fourth-order valence-corrected chi connectivity index (χ4v) is 1.63. The molecule has 2 rings (SSSR count). The predicted molar refractivity (Wildman–Crippen MR) is 80.9 cm³/mol. The number of amides is 1. The molecule has 2 aromatic rings. The number of aromatic nitrogens is 1. The number of nitrogens with one attached hydrogen (secondary N) is 1. The number of carbonyl (C=O) groups excluding carboxylic acids is 1. The van der Waals surface area contributed by atoms with Crippen LogP contribution in [0.25, 0.3) is 0 Å². The summed E-state index contributed by atoms with van der Waals surface area (Å²) < 4.78 is 5.37. The zero-order valence-electron chi connectivity index (χ0n) is 12.0. The number of carbonyl (C=O) groups is 2. The lowest BCUT2D eigenvalue weighted by Gasteiger charge is -2.10. The van der Waals surface area contributed by atoms with Crippen molar-refractivity contribution in [3.63, 3.8) is 0 Å².